The van der Waals surface area contributed by atoms with Gasteiger partial charge in [0.1, 0.15) is 0 Å². The van der Waals surface area contributed by atoms with Crippen molar-refractivity contribution in [3.05, 3.63) is 0 Å². The maximum Gasteiger partial charge on any atom is 0.305 e. The quantitative estimate of drug-likeness (QED) is 0.429. The molecule has 0 bridgehead atoms. The van der Waals surface area contributed by atoms with E-state index in [1.54, 1.807) is 0 Å². The van der Waals surface area contributed by atoms with E-state index in [1.165, 1.54) is 7.11 Å². The first-order valence-corrected chi connectivity index (χ1v) is 5.05. The maximum atomic E-state index is 10.9. The molecule has 1 aliphatic carbocycles. The summed E-state index contributed by atoms with van der Waals surface area (Å²) in [4.78, 5) is 10.9. The molecule has 1 N–H and O–H groups in total. The Balaban J connectivity index is 2.37. The summed E-state index contributed by atoms with van der Waals surface area (Å²) < 4.78 is 4.57. The van der Waals surface area contributed by atoms with Crippen LogP contribution in [0.4, 0.5) is 0 Å². The monoisotopic (exact) mass is 199 g/mol. The van der Waals surface area contributed by atoms with E-state index in [9.17, 15) is 4.79 Å². The lowest BCUT2D eigenvalue weighted by atomic mass is 9.84. The summed E-state index contributed by atoms with van der Waals surface area (Å²) in [6, 6.07) is 0. The summed E-state index contributed by atoms with van der Waals surface area (Å²) in [7, 11) is 1.39. The third-order valence-electron chi connectivity index (χ3n) is 2.76. The van der Waals surface area contributed by atoms with Crippen molar-refractivity contribution in [2.75, 3.05) is 7.11 Å². The number of rotatable bonds is 3. The lowest BCUT2D eigenvalue weighted by Gasteiger charge is -2.22. The second-order valence-corrected chi connectivity index (χ2v) is 3.65. The largest absolute Gasteiger partial charge is 0.469 e. The molecule has 0 spiro atoms. The molecule has 0 amide bonds. The topological polar surface area (TPSA) is 58.9 Å². The van der Waals surface area contributed by atoms with Gasteiger partial charge in [0.15, 0.2) is 0 Å². The summed E-state index contributed by atoms with van der Waals surface area (Å²) in [5.41, 5.74) is 0.847. The molecule has 80 valence electrons. The first kappa shape index (κ1) is 11.0. The molecule has 1 aliphatic rings. The van der Waals surface area contributed by atoms with Crippen LogP contribution in [0, 0.1) is 5.92 Å². The normalized spacial score (nSPS) is 24.9. The van der Waals surface area contributed by atoms with Gasteiger partial charge in [-0.3, -0.25) is 4.79 Å². The van der Waals surface area contributed by atoms with E-state index in [1.807, 2.05) is 0 Å². The van der Waals surface area contributed by atoms with Crippen molar-refractivity contribution in [2.24, 2.45) is 11.1 Å². The van der Waals surface area contributed by atoms with Crippen LogP contribution in [-0.4, -0.2) is 24.0 Å². The molecule has 4 nitrogen and oxygen atoms in total. The van der Waals surface area contributed by atoms with E-state index in [4.69, 9.17) is 5.21 Å². The fourth-order valence-corrected chi connectivity index (χ4v) is 1.90. The summed E-state index contributed by atoms with van der Waals surface area (Å²) in [5, 5.41) is 12.1. The van der Waals surface area contributed by atoms with Gasteiger partial charge >= 0.3 is 5.97 Å². The molecular formula is C10H17NO3. The predicted molar refractivity (Wildman–Crippen MR) is 52.4 cm³/mol. The number of hydrogen-bond acceptors (Lipinski definition) is 4. The minimum Gasteiger partial charge on any atom is -0.469 e. The summed E-state index contributed by atoms with van der Waals surface area (Å²) in [6.07, 6.45) is 5.30. The van der Waals surface area contributed by atoms with Crippen LogP contribution in [0.25, 0.3) is 0 Å². The molecule has 1 fully saturated rings. The summed E-state index contributed by atoms with van der Waals surface area (Å²) in [5.74, 6) is 0.0840. The van der Waals surface area contributed by atoms with E-state index >= 15 is 0 Å². The number of oxime groups is 1. The van der Waals surface area contributed by atoms with Crippen molar-refractivity contribution in [3.63, 3.8) is 0 Å². The minimum absolute atomic E-state index is 0.187. The highest BCUT2D eigenvalue weighted by molar-refractivity contribution is 5.87. The Kier molecular flexibility index (Phi) is 4.43. The first-order chi connectivity index (χ1) is 6.77. The summed E-state index contributed by atoms with van der Waals surface area (Å²) in [6.45, 7) is 0. The van der Waals surface area contributed by atoms with E-state index in [-0.39, 0.29) is 11.9 Å². The molecule has 0 heterocycles. The van der Waals surface area contributed by atoms with Crippen molar-refractivity contribution in [1.29, 1.82) is 0 Å². The molecule has 0 aromatic rings. The van der Waals surface area contributed by atoms with Crippen molar-refractivity contribution in [1.82, 2.24) is 0 Å². The van der Waals surface area contributed by atoms with Gasteiger partial charge in [0.05, 0.1) is 12.8 Å². The molecule has 0 aromatic heterocycles. The number of carbonyl (C=O) groups is 1. The highest BCUT2D eigenvalue weighted by atomic mass is 16.5. The number of ether oxygens (including phenoxy) is 1. The van der Waals surface area contributed by atoms with Crippen LogP contribution in [0.5, 0.6) is 0 Å². The molecule has 0 aliphatic heterocycles. The van der Waals surface area contributed by atoms with Crippen molar-refractivity contribution < 1.29 is 14.7 Å². The van der Waals surface area contributed by atoms with Crippen LogP contribution in [0.3, 0.4) is 0 Å². The zero-order chi connectivity index (χ0) is 10.4. The Morgan fingerprint density at radius 3 is 3.07 bits per heavy atom. The maximum absolute atomic E-state index is 10.9. The average Bonchev–Trinajstić information content (AvgIpc) is 2.26. The second kappa shape index (κ2) is 5.62. The SMILES string of the molecule is COC(=O)CCC1CCCC/C1=N\O. The third-order valence-corrected chi connectivity index (χ3v) is 2.76. The number of hydrogen-bond donors (Lipinski definition) is 1. The van der Waals surface area contributed by atoms with E-state index in [0.717, 1.165) is 37.8 Å². The van der Waals surface area contributed by atoms with Crippen LogP contribution in [0.2, 0.25) is 0 Å². The molecule has 1 atom stereocenters. The van der Waals surface area contributed by atoms with Crippen molar-refractivity contribution in [3.8, 4) is 0 Å². The lowest BCUT2D eigenvalue weighted by Crippen LogP contribution is -2.20. The highest BCUT2D eigenvalue weighted by Gasteiger charge is 2.21. The van der Waals surface area contributed by atoms with Crippen molar-refractivity contribution in [2.45, 2.75) is 38.5 Å². The van der Waals surface area contributed by atoms with Crippen LogP contribution >= 0.6 is 0 Å². The van der Waals surface area contributed by atoms with E-state index in [0.29, 0.717) is 6.42 Å². The molecule has 1 saturated carbocycles. The fraction of sp³-hybridized carbons (Fsp3) is 0.800. The number of esters is 1. The number of nitrogens with zero attached hydrogens (tertiary/aromatic N) is 1. The molecule has 0 saturated heterocycles. The van der Waals surface area contributed by atoms with Gasteiger partial charge in [0, 0.05) is 12.3 Å². The molecule has 0 aromatic carbocycles. The van der Waals surface area contributed by atoms with Crippen molar-refractivity contribution >= 4 is 11.7 Å². The molecular weight excluding hydrogens is 182 g/mol. The van der Waals surface area contributed by atoms with Crippen LogP contribution in [-0.2, 0) is 9.53 Å². The Bertz CT molecular complexity index is 225. The van der Waals surface area contributed by atoms with Gasteiger partial charge in [-0.05, 0) is 25.7 Å². The van der Waals surface area contributed by atoms with Crippen LogP contribution in [0.1, 0.15) is 38.5 Å². The van der Waals surface area contributed by atoms with Gasteiger partial charge < -0.3 is 9.94 Å². The van der Waals surface area contributed by atoms with Crippen LogP contribution < -0.4 is 0 Å². The van der Waals surface area contributed by atoms with E-state index in [2.05, 4.69) is 9.89 Å². The highest BCUT2D eigenvalue weighted by Crippen LogP contribution is 2.25. The number of carbonyl (C=O) groups excluding carboxylic acids is 1. The lowest BCUT2D eigenvalue weighted by molar-refractivity contribution is -0.140. The van der Waals surface area contributed by atoms with Gasteiger partial charge in [-0.15, -0.1) is 0 Å². The van der Waals surface area contributed by atoms with Gasteiger partial charge in [-0.1, -0.05) is 11.6 Å². The Morgan fingerprint density at radius 1 is 1.64 bits per heavy atom. The Hall–Kier alpha value is -1.06. The molecule has 4 heteroatoms. The van der Waals surface area contributed by atoms with E-state index < -0.39 is 0 Å². The molecule has 14 heavy (non-hydrogen) atoms. The first-order valence-electron chi connectivity index (χ1n) is 5.05. The average molecular weight is 199 g/mol. The third kappa shape index (κ3) is 3.01. The van der Waals surface area contributed by atoms with Gasteiger partial charge in [0.25, 0.3) is 0 Å². The predicted octanol–water partition coefficient (Wildman–Crippen LogP) is 1.96. The van der Waals surface area contributed by atoms with Gasteiger partial charge in [0.2, 0.25) is 0 Å². The van der Waals surface area contributed by atoms with Crippen LogP contribution in [0.15, 0.2) is 5.16 Å². The Labute approximate surface area is 83.9 Å². The molecule has 1 rings (SSSR count). The zero-order valence-corrected chi connectivity index (χ0v) is 8.53. The second-order valence-electron chi connectivity index (χ2n) is 3.65. The molecule has 0 radical (unpaired) electrons. The number of methoxy groups -OCH3 is 1. The molecule has 1 unspecified atom stereocenters. The van der Waals surface area contributed by atoms with Gasteiger partial charge in [-0.2, -0.15) is 0 Å². The zero-order valence-electron chi connectivity index (χ0n) is 8.53. The summed E-state index contributed by atoms with van der Waals surface area (Å²) >= 11 is 0. The smallest absolute Gasteiger partial charge is 0.305 e. The van der Waals surface area contributed by atoms with Gasteiger partial charge in [-0.25, -0.2) is 0 Å². The fourth-order valence-electron chi connectivity index (χ4n) is 1.90. The minimum atomic E-state index is -0.187. The standard InChI is InChI=1S/C10H17NO3/c1-14-10(12)7-6-8-4-2-3-5-9(8)11-13/h8,13H,2-7H2,1H3/b11-9+. The Morgan fingerprint density at radius 2 is 2.43 bits per heavy atom.